The molecule has 4 bridgehead atoms. The summed E-state index contributed by atoms with van der Waals surface area (Å²) in [7, 11) is -1.67. The van der Waals surface area contributed by atoms with Crippen LogP contribution in [0.3, 0.4) is 0 Å². The highest BCUT2D eigenvalue weighted by molar-refractivity contribution is 6.61. The Kier molecular flexibility index (Phi) is 27.7. The van der Waals surface area contributed by atoms with E-state index >= 15 is 0 Å². The van der Waals surface area contributed by atoms with Crippen molar-refractivity contribution < 1.29 is 26.6 Å². The first-order valence-corrected chi connectivity index (χ1v) is 45.1. The van der Waals surface area contributed by atoms with Gasteiger partial charge in [0.15, 0.2) is 6.33 Å². The first kappa shape index (κ1) is 80.8. The summed E-state index contributed by atoms with van der Waals surface area (Å²) in [6, 6.07) is 36.0. The number of hydrogen-bond donors (Lipinski definition) is 0. The van der Waals surface area contributed by atoms with Crippen LogP contribution in [-0.4, -0.2) is 109 Å². The molecule has 5 saturated carbocycles. The molecule has 4 aromatic carbocycles. The predicted octanol–water partition coefficient (Wildman–Crippen LogP) is 20.0. The van der Waals surface area contributed by atoms with Crippen molar-refractivity contribution in [2.75, 3.05) is 14.2 Å². The van der Waals surface area contributed by atoms with Gasteiger partial charge in [-0.3, -0.25) is 0 Å². The van der Waals surface area contributed by atoms with Gasteiger partial charge in [0.1, 0.15) is 0 Å². The molecule has 14 atom stereocenters. The molecule has 8 aliphatic carbocycles. The second kappa shape index (κ2) is 37.1. The maximum atomic E-state index is 6.28. The molecule has 16 nitrogen and oxygen atoms in total. The van der Waals surface area contributed by atoms with E-state index in [1.165, 1.54) is 170 Å². The molecule has 3 aromatic heterocycles. The molecule has 0 N–H and O–H groups in total. The lowest BCUT2D eigenvalue weighted by atomic mass is 9.70. The molecule has 9 aliphatic rings. The van der Waals surface area contributed by atoms with Crippen LogP contribution in [0.1, 0.15) is 196 Å². The topological polar surface area (TPSA) is 183 Å². The summed E-state index contributed by atoms with van der Waals surface area (Å²) in [5.74, 6) is 11.9. The first-order chi connectivity index (χ1) is 52.2. The molecule has 578 valence electrons. The lowest BCUT2D eigenvalue weighted by Crippen LogP contribution is -2.49. The fraction of sp³-hybridized carbons (Fsp3) is 0.578. The molecule has 16 rings (SSSR count). The van der Waals surface area contributed by atoms with Crippen molar-refractivity contribution in [2.24, 2.45) is 93.1 Å². The van der Waals surface area contributed by atoms with E-state index < -0.39 is 17.6 Å². The summed E-state index contributed by atoms with van der Waals surface area (Å²) in [4.78, 5) is 0. The third-order valence-electron chi connectivity index (χ3n) is 25.0. The Hall–Kier alpha value is -6.75. The van der Waals surface area contributed by atoms with E-state index in [1.54, 1.807) is 14.2 Å². The van der Waals surface area contributed by atoms with Gasteiger partial charge in [0.25, 0.3) is 0 Å². The normalized spacial score (nSPS) is 25.9. The summed E-state index contributed by atoms with van der Waals surface area (Å²) in [6.07, 6.45) is 33.1. The van der Waals surface area contributed by atoms with Crippen LogP contribution in [0.15, 0.2) is 138 Å². The van der Waals surface area contributed by atoms with Gasteiger partial charge in [-0.2, -0.15) is 30.6 Å². The Bertz CT molecular complexity index is 3960. The largest absolute Gasteiger partial charge is 0.501 e. The molecule has 4 heterocycles. The highest BCUT2D eigenvalue weighted by Crippen LogP contribution is 2.59. The summed E-state index contributed by atoms with van der Waals surface area (Å²) in [6.45, 7) is 29.6. The van der Waals surface area contributed by atoms with Crippen LogP contribution in [0.25, 0.3) is 33.9 Å². The monoisotopic (exact) mass is 1500 g/mol. The number of benzene rings is 4. The average Bonchev–Trinajstić information content (AvgIpc) is 1.58. The number of hydrogen-bond acceptors (Lipinski definition) is 16. The van der Waals surface area contributed by atoms with E-state index in [0.29, 0.717) is 35.4 Å². The van der Waals surface area contributed by atoms with E-state index in [9.17, 15) is 0 Å². The third-order valence-corrected chi connectivity index (χ3v) is 31.3. The maximum Gasteiger partial charge on any atom is 0.501 e. The number of allylic oxidation sites excluding steroid dienone is 2. The van der Waals surface area contributed by atoms with Crippen molar-refractivity contribution >= 4 is 29.5 Å². The Balaban J connectivity index is 0.000000129. The van der Waals surface area contributed by atoms with Crippen molar-refractivity contribution in [3.8, 4) is 33.9 Å². The molecule has 7 aromatic rings. The average molecular weight is 1500 g/mol. The zero-order valence-electron chi connectivity index (χ0n) is 67.7. The summed E-state index contributed by atoms with van der Waals surface area (Å²) < 4.78 is 36.5. The third kappa shape index (κ3) is 20.1. The molecular weight excluding hydrogens is 1370 g/mol. The van der Waals surface area contributed by atoms with Gasteiger partial charge in [-0.25, -0.2) is 0 Å². The van der Waals surface area contributed by atoms with Gasteiger partial charge in [-0.15, -0.1) is 20.4 Å². The second-order valence-electron chi connectivity index (χ2n) is 33.7. The number of aryl methyl sites for hydroxylation is 6. The Labute approximate surface area is 648 Å². The zero-order chi connectivity index (χ0) is 76.2. The van der Waals surface area contributed by atoms with E-state index in [-0.39, 0.29) is 24.4 Å². The fourth-order valence-corrected chi connectivity index (χ4v) is 25.5. The van der Waals surface area contributed by atoms with E-state index in [2.05, 4.69) is 232 Å². The van der Waals surface area contributed by atoms with Crippen LogP contribution < -0.4 is 0 Å². The highest BCUT2D eigenvalue weighted by Gasteiger charge is 2.56. The summed E-state index contributed by atoms with van der Waals surface area (Å²) in [5, 5.41) is 41.7. The lowest BCUT2D eigenvalue weighted by molar-refractivity contribution is 0.0299. The van der Waals surface area contributed by atoms with Gasteiger partial charge in [-0.05, 0) is 272 Å². The van der Waals surface area contributed by atoms with Gasteiger partial charge < -0.3 is 26.6 Å². The Morgan fingerprint density at radius 3 is 1.28 bits per heavy atom. The minimum absolute atomic E-state index is 0.105. The van der Waals surface area contributed by atoms with Crippen LogP contribution in [-0.2, 0) is 52.2 Å². The van der Waals surface area contributed by atoms with E-state index in [1.807, 2.05) is 43.6 Å². The number of aromatic nitrogens is 8. The number of fused-ring (bicyclic) bond motifs is 11. The molecule has 0 spiro atoms. The van der Waals surface area contributed by atoms with Crippen LogP contribution in [0.2, 0.25) is 12.1 Å². The molecule has 0 amide bonds. The van der Waals surface area contributed by atoms with Gasteiger partial charge in [0, 0.05) is 85.5 Å². The second-order valence-corrected chi connectivity index (χ2v) is 39.2. The summed E-state index contributed by atoms with van der Waals surface area (Å²) in [5.41, 5.74) is 18.9. The number of nitrogens with zero attached hydrogens (tertiary/aromatic N) is 10. The van der Waals surface area contributed by atoms with Crippen molar-refractivity contribution in [1.29, 1.82) is 0 Å². The predicted molar refractivity (Wildman–Crippen MR) is 438 cm³/mol. The molecule has 0 saturated heterocycles. The molecule has 108 heavy (non-hydrogen) atoms. The molecule has 18 heteroatoms. The Morgan fingerprint density at radius 2 is 0.870 bits per heavy atom. The molecule has 0 radical (unpaired) electrons. The number of rotatable bonds is 22. The molecular formula is C90H124N10O6Si2. The van der Waals surface area contributed by atoms with Crippen LogP contribution in [0.5, 0.6) is 0 Å². The zero-order valence-corrected chi connectivity index (χ0v) is 69.7. The van der Waals surface area contributed by atoms with Crippen LogP contribution in [0, 0.1) is 111 Å². The van der Waals surface area contributed by atoms with Gasteiger partial charge in [0.2, 0.25) is 5.82 Å². The van der Waals surface area contributed by atoms with Gasteiger partial charge in [-0.1, -0.05) is 158 Å². The highest BCUT2D eigenvalue weighted by atomic mass is 28.4. The van der Waals surface area contributed by atoms with Gasteiger partial charge in [0.05, 0.1) is 29.5 Å². The minimum atomic E-state index is -2.66. The van der Waals surface area contributed by atoms with Gasteiger partial charge >= 0.3 is 17.6 Å². The SMILES string of the molecule is CCC1[C@H]2CCc3cnnc(-c4ccc(C)cc4)c3CC[C@@H]12.CCC1[C@H]2CCc3cnnc(-c4ccc(C)cc4)c3CC[C@@H]12.CO[Si](CCC1CC2C=CC1C2)(OC(C)C)OC(C)C.CO[Si](CCC1CC2CC1C1C=NN=C(c3ccc(C)cc3)C21)(OC(C)C)OC(C)C.Cc1ccc(-c2nncnn2)cc1. The van der Waals surface area contributed by atoms with Crippen molar-refractivity contribution in [2.45, 2.75) is 236 Å². The first-order valence-electron chi connectivity index (χ1n) is 41.2. The quantitative estimate of drug-likeness (QED) is 0.0461. The van der Waals surface area contributed by atoms with Crippen molar-refractivity contribution in [3.05, 3.63) is 178 Å². The standard InChI is InChI=1S/C25H38N2O3Si.2C20H24N2.C16H30O3Si.C9H8N4/c1-16(2)29-31(28-6,30-17(3)4)12-11-20-13-21-14-22(20)23-15-26-27-25(24(21)23)19-9-7-18(5)8-10-19;2*1-3-16-18-9-8-15-12-21-22-20(17(15)10-11-19(16)18)14-6-4-13(2)5-7-14;1-12(2)18-20(17-5,19-13(3)4)9-8-16-11-14-6-7-15(16)10-14;1-7-2-4-8(5-3-7)9-12-10-6-11-13-9/h7-10,15-17,20-24H,11-14H2,1-6H3;2*4-7,12,16,18-19H,3,8-11H2,1-2H3;6-7,12-16H,8-11H2,1-5H3;2-6H,1H3/t;2*16?,18-,19+;;/m.11../s1. The maximum absolute atomic E-state index is 6.28. The van der Waals surface area contributed by atoms with E-state index in [4.69, 9.17) is 26.6 Å². The van der Waals surface area contributed by atoms with Crippen LogP contribution in [0.4, 0.5) is 0 Å². The van der Waals surface area contributed by atoms with E-state index in [0.717, 1.165) is 88.7 Å². The molecule has 5 fully saturated rings. The van der Waals surface area contributed by atoms with Crippen molar-refractivity contribution in [1.82, 2.24) is 40.8 Å². The van der Waals surface area contributed by atoms with Crippen molar-refractivity contribution in [3.63, 3.8) is 0 Å². The summed E-state index contributed by atoms with van der Waals surface area (Å²) >= 11 is 0. The minimum Gasteiger partial charge on any atom is -0.377 e. The smallest absolute Gasteiger partial charge is 0.377 e. The molecule has 10 unspecified atom stereocenters. The molecule has 1 aliphatic heterocycles. The lowest BCUT2D eigenvalue weighted by Gasteiger charge is -2.37. The Morgan fingerprint density at radius 1 is 0.444 bits per heavy atom. The fourth-order valence-electron chi connectivity index (χ4n) is 19.8. The van der Waals surface area contributed by atoms with Crippen LogP contribution >= 0.6 is 0 Å².